The van der Waals surface area contributed by atoms with E-state index in [-0.39, 0.29) is 24.3 Å². The molecule has 1 atom stereocenters. The number of ketones is 1. The van der Waals surface area contributed by atoms with Gasteiger partial charge in [0.05, 0.1) is 18.1 Å². The van der Waals surface area contributed by atoms with Gasteiger partial charge in [-0.3, -0.25) is 4.79 Å². The molecule has 1 aliphatic carbocycles. The average molecular weight is 361 g/mol. The molecule has 0 unspecified atom stereocenters. The maximum atomic E-state index is 12.8. The predicted octanol–water partition coefficient (Wildman–Crippen LogP) is 3.30. The van der Waals surface area contributed by atoms with E-state index in [1.54, 1.807) is 11.3 Å². The minimum absolute atomic E-state index is 0.124. The van der Waals surface area contributed by atoms with Gasteiger partial charge in [-0.1, -0.05) is 6.07 Å². The van der Waals surface area contributed by atoms with Crippen LogP contribution in [0.25, 0.3) is 0 Å². The Bertz CT molecular complexity index is 718. The van der Waals surface area contributed by atoms with Gasteiger partial charge in [0.15, 0.2) is 5.78 Å². The van der Waals surface area contributed by atoms with Crippen LogP contribution < -0.4 is 5.32 Å². The molecule has 134 valence electrons. The second-order valence-corrected chi connectivity index (χ2v) is 7.09. The molecule has 1 aromatic heterocycles. The van der Waals surface area contributed by atoms with E-state index < -0.39 is 0 Å². The van der Waals surface area contributed by atoms with Crippen molar-refractivity contribution in [1.82, 2.24) is 5.32 Å². The highest BCUT2D eigenvalue weighted by molar-refractivity contribution is 7.10. The first kappa shape index (κ1) is 17.9. The lowest BCUT2D eigenvalue weighted by atomic mass is 9.78. The zero-order valence-corrected chi connectivity index (χ0v) is 15.4. The molecule has 0 fully saturated rings. The Morgan fingerprint density at radius 1 is 1.36 bits per heavy atom. The number of hydrogen-bond donors (Lipinski definition) is 1. The lowest BCUT2D eigenvalue weighted by Crippen LogP contribution is -2.34. The average Bonchev–Trinajstić information content (AvgIpc) is 3.12. The maximum Gasteiger partial charge on any atom is 0.336 e. The van der Waals surface area contributed by atoms with E-state index in [0.29, 0.717) is 25.2 Å². The van der Waals surface area contributed by atoms with Gasteiger partial charge in [-0.25, -0.2) is 4.79 Å². The number of dihydropyridines is 1. The first-order valence-corrected chi connectivity index (χ1v) is 9.53. The molecule has 0 radical (unpaired) electrons. The van der Waals surface area contributed by atoms with E-state index in [9.17, 15) is 9.59 Å². The monoisotopic (exact) mass is 361 g/mol. The molecule has 2 aliphatic rings. The number of hydrogen-bond acceptors (Lipinski definition) is 6. The Kier molecular flexibility index (Phi) is 5.71. The molecule has 1 aromatic rings. The number of nitrogens with one attached hydrogen (secondary N) is 1. The summed E-state index contributed by atoms with van der Waals surface area (Å²) in [5.41, 5.74) is 3.00. The molecule has 1 aliphatic heterocycles. The summed E-state index contributed by atoms with van der Waals surface area (Å²) >= 11 is 1.56. The number of rotatable bonds is 6. The maximum absolute atomic E-state index is 12.8. The minimum atomic E-state index is -0.381. The van der Waals surface area contributed by atoms with Crippen LogP contribution in [0.15, 0.2) is 40.1 Å². The number of carbonyl (C=O) groups excluding carboxylic acids is 2. The Hall–Kier alpha value is -1.92. The Labute approximate surface area is 151 Å². The van der Waals surface area contributed by atoms with Gasteiger partial charge in [-0.15, -0.1) is 11.3 Å². The second kappa shape index (κ2) is 7.97. The highest BCUT2D eigenvalue weighted by atomic mass is 32.1. The minimum Gasteiger partial charge on any atom is -0.460 e. The van der Waals surface area contributed by atoms with Crippen LogP contribution in [-0.2, 0) is 19.1 Å². The molecule has 0 saturated heterocycles. The van der Waals surface area contributed by atoms with Gasteiger partial charge in [0.2, 0.25) is 0 Å². The summed E-state index contributed by atoms with van der Waals surface area (Å²) in [5.74, 6) is -0.587. The number of carbonyl (C=O) groups is 2. The number of Topliss-reactive ketones (excluding diaryl/α,β-unsaturated/α-hetero) is 1. The zero-order chi connectivity index (χ0) is 17.8. The van der Waals surface area contributed by atoms with E-state index in [1.807, 2.05) is 31.4 Å². The van der Waals surface area contributed by atoms with Crippen LogP contribution in [-0.4, -0.2) is 31.6 Å². The van der Waals surface area contributed by atoms with Crippen LogP contribution in [0.4, 0.5) is 0 Å². The summed E-state index contributed by atoms with van der Waals surface area (Å²) in [6, 6.07) is 3.93. The van der Waals surface area contributed by atoms with E-state index in [4.69, 9.17) is 9.47 Å². The molecule has 0 amide bonds. The molecule has 3 rings (SSSR count). The highest BCUT2D eigenvalue weighted by Gasteiger charge is 2.39. The highest BCUT2D eigenvalue weighted by Crippen LogP contribution is 2.43. The quantitative estimate of drug-likeness (QED) is 0.622. The van der Waals surface area contributed by atoms with Crippen LogP contribution >= 0.6 is 11.3 Å². The molecule has 25 heavy (non-hydrogen) atoms. The topological polar surface area (TPSA) is 64.6 Å². The standard InChI is InChI=1S/C19H23NO4S/c1-3-23-9-10-24-19(22)16-12(2)20-13-6-4-7-14(21)17(13)18(16)15-8-5-11-25-15/h5,8,11,18,20H,3-4,6-7,9-10H2,1-2H3/t18-/m1/s1. The van der Waals surface area contributed by atoms with Gasteiger partial charge in [-0.05, 0) is 38.1 Å². The lowest BCUT2D eigenvalue weighted by molar-refractivity contribution is -0.140. The van der Waals surface area contributed by atoms with Crippen molar-refractivity contribution in [2.24, 2.45) is 0 Å². The molecule has 0 aromatic carbocycles. The molecule has 0 saturated carbocycles. The molecule has 1 N–H and O–H groups in total. The van der Waals surface area contributed by atoms with Crippen LogP contribution in [0, 0.1) is 0 Å². The number of esters is 1. The molecule has 6 heteroatoms. The van der Waals surface area contributed by atoms with E-state index in [0.717, 1.165) is 34.7 Å². The SMILES string of the molecule is CCOCCOC(=O)C1=C(C)NC2=C(C(=O)CCC2)[C@@H]1c1cccs1. The Morgan fingerprint density at radius 3 is 2.92 bits per heavy atom. The van der Waals surface area contributed by atoms with Crippen molar-refractivity contribution in [3.05, 3.63) is 44.9 Å². The van der Waals surface area contributed by atoms with Crippen LogP contribution in [0.1, 0.15) is 43.9 Å². The zero-order valence-electron chi connectivity index (χ0n) is 14.6. The summed E-state index contributed by atoms with van der Waals surface area (Å²) in [7, 11) is 0. The van der Waals surface area contributed by atoms with Gasteiger partial charge < -0.3 is 14.8 Å². The Balaban J connectivity index is 1.92. The van der Waals surface area contributed by atoms with Crippen LogP contribution in [0.3, 0.4) is 0 Å². The third kappa shape index (κ3) is 3.70. The van der Waals surface area contributed by atoms with Crippen molar-refractivity contribution in [3.63, 3.8) is 0 Å². The second-order valence-electron chi connectivity index (χ2n) is 6.11. The van der Waals surface area contributed by atoms with E-state index in [2.05, 4.69) is 5.32 Å². The van der Waals surface area contributed by atoms with Crippen molar-refractivity contribution in [3.8, 4) is 0 Å². The summed E-state index contributed by atoms with van der Waals surface area (Å²) in [5, 5.41) is 5.25. The number of allylic oxidation sites excluding steroid dienone is 3. The fourth-order valence-electron chi connectivity index (χ4n) is 3.41. The van der Waals surface area contributed by atoms with Gasteiger partial charge in [0.1, 0.15) is 6.61 Å². The van der Waals surface area contributed by atoms with Crippen molar-refractivity contribution in [1.29, 1.82) is 0 Å². The van der Waals surface area contributed by atoms with Gasteiger partial charge in [-0.2, -0.15) is 0 Å². The molecule has 0 spiro atoms. The van der Waals surface area contributed by atoms with E-state index in [1.165, 1.54) is 0 Å². The van der Waals surface area contributed by atoms with Crippen LogP contribution in [0.5, 0.6) is 0 Å². The molecular formula is C19H23NO4S. The van der Waals surface area contributed by atoms with Crippen LogP contribution in [0.2, 0.25) is 0 Å². The molecule has 5 nitrogen and oxygen atoms in total. The van der Waals surface area contributed by atoms with Gasteiger partial charge >= 0.3 is 5.97 Å². The molecular weight excluding hydrogens is 338 g/mol. The molecule has 0 bridgehead atoms. The summed E-state index contributed by atoms with van der Waals surface area (Å²) in [4.78, 5) is 26.4. The third-order valence-corrected chi connectivity index (χ3v) is 5.43. The molecule has 2 heterocycles. The third-order valence-electron chi connectivity index (χ3n) is 4.49. The van der Waals surface area contributed by atoms with Crippen molar-refractivity contribution in [2.75, 3.05) is 19.8 Å². The van der Waals surface area contributed by atoms with Gasteiger partial charge in [0.25, 0.3) is 0 Å². The normalized spacial score (nSPS) is 20.4. The fourth-order valence-corrected chi connectivity index (χ4v) is 4.25. The van der Waals surface area contributed by atoms with Crippen molar-refractivity contribution in [2.45, 2.75) is 39.0 Å². The number of thiophene rings is 1. The summed E-state index contributed by atoms with van der Waals surface area (Å²) < 4.78 is 10.6. The lowest BCUT2D eigenvalue weighted by Gasteiger charge is -2.33. The predicted molar refractivity (Wildman–Crippen MR) is 96.2 cm³/mol. The van der Waals surface area contributed by atoms with Gasteiger partial charge in [0, 0.05) is 34.9 Å². The smallest absolute Gasteiger partial charge is 0.336 e. The fraction of sp³-hybridized carbons (Fsp3) is 0.474. The first-order chi connectivity index (χ1) is 12.1. The van der Waals surface area contributed by atoms with E-state index >= 15 is 0 Å². The largest absolute Gasteiger partial charge is 0.460 e. The van der Waals surface area contributed by atoms with Crippen molar-refractivity contribution < 1.29 is 19.1 Å². The summed E-state index contributed by atoms with van der Waals surface area (Å²) in [6.07, 6.45) is 2.23. The first-order valence-electron chi connectivity index (χ1n) is 8.65. The summed E-state index contributed by atoms with van der Waals surface area (Å²) in [6.45, 7) is 4.94. The number of ether oxygens (including phenoxy) is 2. The Morgan fingerprint density at radius 2 is 2.20 bits per heavy atom. The van der Waals surface area contributed by atoms with Crippen molar-refractivity contribution >= 4 is 23.1 Å².